The molecule has 2 rings (SSSR count). The summed E-state index contributed by atoms with van der Waals surface area (Å²) < 4.78 is 0. The first-order valence-corrected chi connectivity index (χ1v) is 11.9. The quantitative estimate of drug-likeness (QED) is 0.353. The highest BCUT2D eigenvalue weighted by molar-refractivity contribution is 5.97. The van der Waals surface area contributed by atoms with Crippen LogP contribution in [0.5, 0.6) is 0 Å². The van der Waals surface area contributed by atoms with Crippen LogP contribution in [0.4, 0.5) is 0 Å². The van der Waals surface area contributed by atoms with Crippen LogP contribution >= 0.6 is 0 Å². The predicted octanol–water partition coefficient (Wildman–Crippen LogP) is 3.54. The van der Waals surface area contributed by atoms with E-state index in [9.17, 15) is 14.4 Å². The highest BCUT2D eigenvalue weighted by Gasteiger charge is 2.25. The van der Waals surface area contributed by atoms with Gasteiger partial charge in [-0.1, -0.05) is 24.6 Å². The summed E-state index contributed by atoms with van der Waals surface area (Å²) in [6.07, 6.45) is 10.4. The molecule has 0 aromatic rings. The van der Waals surface area contributed by atoms with Crippen molar-refractivity contribution in [1.29, 1.82) is 0 Å². The van der Waals surface area contributed by atoms with Crippen LogP contribution < -0.4 is 10.6 Å². The van der Waals surface area contributed by atoms with E-state index in [-0.39, 0.29) is 25.3 Å². The number of amides is 2. The third-order valence-electron chi connectivity index (χ3n) is 6.41. The maximum Gasteiger partial charge on any atom is 0.305 e. The fourth-order valence-corrected chi connectivity index (χ4v) is 4.27. The molecule has 1 fully saturated rings. The van der Waals surface area contributed by atoms with Gasteiger partial charge >= 0.3 is 5.97 Å². The van der Waals surface area contributed by atoms with Gasteiger partial charge in [0.1, 0.15) is 6.42 Å². The lowest BCUT2D eigenvalue weighted by Gasteiger charge is -2.33. The molecule has 2 aliphatic rings. The van der Waals surface area contributed by atoms with Gasteiger partial charge in [0, 0.05) is 31.9 Å². The molecule has 0 aliphatic carbocycles. The van der Waals surface area contributed by atoms with Gasteiger partial charge in [0.05, 0.1) is 6.42 Å². The smallest absolute Gasteiger partial charge is 0.305 e. The molecule has 0 aromatic heterocycles. The third kappa shape index (κ3) is 8.52. The number of hydrogen-bond donors (Lipinski definition) is 3. The lowest BCUT2D eigenvalue weighted by molar-refractivity contribution is -0.137. The summed E-state index contributed by atoms with van der Waals surface area (Å²) in [5.41, 5.74) is 5.36. The normalized spacial score (nSPS) is 20.1. The number of piperidine rings is 1. The highest BCUT2D eigenvalue weighted by atomic mass is 16.4. The fraction of sp³-hybridized carbons (Fsp3) is 0.640. The summed E-state index contributed by atoms with van der Waals surface area (Å²) in [5.74, 6) is -1.18. The molecule has 7 nitrogen and oxygen atoms in total. The lowest BCUT2D eigenvalue weighted by Crippen LogP contribution is -2.42. The van der Waals surface area contributed by atoms with E-state index in [1.54, 1.807) is 4.90 Å². The Balaban J connectivity index is 1.94. The number of aliphatic carboxylic acids is 1. The third-order valence-corrected chi connectivity index (χ3v) is 6.41. The summed E-state index contributed by atoms with van der Waals surface area (Å²) >= 11 is 0. The number of nitrogens with zero attached hydrogens (tertiary/aromatic N) is 1. The van der Waals surface area contributed by atoms with E-state index >= 15 is 0 Å². The lowest BCUT2D eigenvalue weighted by atomic mass is 9.88. The van der Waals surface area contributed by atoms with Crippen LogP contribution in [0.15, 0.2) is 34.6 Å². The number of hydrogen-bond acceptors (Lipinski definition) is 4. The SMILES string of the molecule is CC/C(C)=C(/C=C\C1=C(C)NCCC1)CC1CCCN(C(=O)CC(=O)NCCC(=O)O)C1. The van der Waals surface area contributed by atoms with Gasteiger partial charge in [0.25, 0.3) is 0 Å². The van der Waals surface area contributed by atoms with Crippen LogP contribution in [-0.4, -0.2) is 54.0 Å². The molecule has 2 heterocycles. The molecule has 0 bridgehead atoms. The van der Waals surface area contributed by atoms with Crippen LogP contribution in [0.2, 0.25) is 0 Å². The Hall–Kier alpha value is -2.57. The molecule has 1 atom stereocenters. The summed E-state index contributed by atoms with van der Waals surface area (Å²) in [7, 11) is 0. The number of carbonyl (C=O) groups is 3. The number of carboxylic acids is 1. The maximum absolute atomic E-state index is 12.6. The van der Waals surface area contributed by atoms with Crippen LogP contribution in [-0.2, 0) is 14.4 Å². The van der Waals surface area contributed by atoms with Gasteiger partial charge in [0.2, 0.25) is 11.8 Å². The molecule has 0 spiro atoms. The summed E-state index contributed by atoms with van der Waals surface area (Å²) in [6.45, 7) is 8.94. The van der Waals surface area contributed by atoms with Gasteiger partial charge in [0.15, 0.2) is 0 Å². The number of allylic oxidation sites excluding steroid dienone is 6. The summed E-state index contributed by atoms with van der Waals surface area (Å²) in [4.78, 5) is 36.9. The summed E-state index contributed by atoms with van der Waals surface area (Å²) in [6, 6.07) is 0. The molecular weight excluding hydrogens is 406 g/mol. The Labute approximate surface area is 192 Å². The van der Waals surface area contributed by atoms with Gasteiger partial charge in [-0.05, 0) is 69.4 Å². The number of nitrogens with one attached hydrogen (secondary N) is 2. The topological polar surface area (TPSA) is 98.7 Å². The Morgan fingerprint density at radius 1 is 1.28 bits per heavy atom. The average molecular weight is 446 g/mol. The zero-order valence-corrected chi connectivity index (χ0v) is 19.8. The average Bonchev–Trinajstić information content (AvgIpc) is 2.77. The van der Waals surface area contributed by atoms with E-state index < -0.39 is 11.9 Å². The first kappa shape index (κ1) is 25.7. The van der Waals surface area contributed by atoms with Crippen LogP contribution in [0.3, 0.4) is 0 Å². The number of carbonyl (C=O) groups excluding carboxylic acids is 2. The zero-order chi connectivity index (χ0) is 23.5. The number of likely N-dealkylation sites (tertiary alicyclic amines) is 1. The minimum atomic E-state index is -0.970. The molecule has 0 aromatic carbocycles. The van der Waals surface area contributed by atoms with Crippen molar-refractivity contribution < 1.29 is 19.5 Å². The molecule has 1 unspecified atom stereocenters. The van der Waals surface area contributed by atoms with E-state index in [0.29, 0.717) is 19.0 Å². The Bertz CT molecular complexity index is 782. The second kappa shape index (κ2) is 13.1. The van der Waals surface area contributed by atoms with Crippen molar-refractivity contribution in [2.24, 2.45) is 5.92 Å². The van der Waals surface area contributed by atoms with E-state index in [1.165, 1.54) is 22.4 Å². The van der Waals surface area contributed by atoms with Gasteiger partial charge in [-0.3, -0.25) is 14.4 Å². The van der Waals surface area contributed by atoms with Crippen molar-refractivity contribution in [1.82, 2.24) is 15.5 Å². The maximum atomic E-state index is 12.6. The van der Waals surface area contributed by atoms with Crippen molar-refractivity contribution in [3.63, 3.8) is 0 Å². The molecule has 0 radical (unpaired) electrons. The van der Waals surface area contributed by atoms with E-state index in [0.717, 1.165) is 45.1 Å². The second-order valence-corrected chi connectivity index (χ2v) is 8.90. The van der Waals surface area contributed by atoms with Crippen molar-refractivity contribution in [2.45, 2.75) is 72.1 Å². The molecule has 178 valence electrons. The second-order valence-electron chi connectivity index (χ2n) is 8.90. The molecule has 3 N–H and O–H groups in total. The molecule has 32 heavy (non-hydrogen) atoms. The minimum absolute atomic E-state index is 0.0479. The zero-order valence-electron chi connectivity index (χ0n) is 19.8. The largest absolute Gasteiger partial charge is 0.481 e. The first-order valence-electron chi connectivity index (χ1n) is 11.9. The highest BCUT2D eigenvalue weighted by Crippen LogP contribution is 2.27. The minimum Gasteiger partial charge on any atom is -0.481 e. The predicted molar refractivity (Wildman–Crippen MR) is 126 cm³/mol. The Morgan fingerprint density at radius 3 is 2.75 bits per heavy atom. The Kier molecular flexibility index (Phi) is 10.5. The van der Waals surface area contributed by atoms with Gasteiger partial charge in [-0.25, -0.2) is 0 Å². The van der Waals surface area contributed by atoms with Crippen molar-refractivity contribution >= 4 is 17.8 Å². The van der Waals surface area contributed by atoms with Gasteiger partial charge < -0.3 is 20.6 Å². The summed E-state index contributed by atoms with van der Waals surface area (Å²) in [5, 5.41) is 14.6. The van der Waals surface area contributed by atoms with Crippen molar-refractivity contribution in [3.8, 4) is 0 Å². The molecule has 2 aliphatic heterocycles. The first-order chi connectivity index (χ1) is 15.3. The number of rotatable bonds is 10. The fourth-order valence-electron chi connectivity index (χ4n) is 4.27. The van der Waals surface area contributed by atoms with Crippen LogP contribution in [0.1, 0.15) is 72.1 Å². The van der Waals surface area contributed by atoms with Crippen LogP contribution in [0.25, 0.3) is 0 Å². The molecular formula is C25H39N3O4. The van der Waals surface area contributed by atoms with Crippen molar-refractivity contribution in [3.05, 3.63) is 34.6 Å². The van der Waals surface area contributed by atoms with Crippen molar-refractivity contribution in [2.75, 3.05) is 26.2 Å². The van der Waals surface area contributed by atoms with Gasteiger partial charge in [-0.2, -0.15) is 0 Å². The van der Waals surface area contributed by atoms with E-state index in [1.807, 2.05) is 0 Å². The van der Waals surface area contributed by atoms with Crippen LogP contribution in [0, 0.1) is 5.92 Å². The van der Waals surface area contributed by atoms with E-state index in [2.05, 4.69) is 43.6 Å². The molecule has 7 heteroatoms. The monoisotopic (exact) mass is 445 g/mol. The number of carboxylic acid groups (broad SMARTS) is 1. The molecule has 1 saturated heterocycles. The van der Waals surface area contributed by atoms with Gasteiger partial charge in [-0.15, -0.1) is 0 Å². The Morgan fingerprint density at radius 2 is 2.06 bits per heavy atom. The molecule has 0 saturated carbocycles. The van der Waals surface area contributed by atoms with E-state index in [4.69, 9.17) is 5.11 Å². The molecule has 2 amide bonds. The standard InChI is InChI=1S/C25H39N3O4/c1-4-18(2)22(10-9-21-8-5-12-26-19(21)3)15-20-7-6-14-28(17-20)24(30)16-23(29)27-13-11-25(31)32/h9-10,20,26H,4-8,11-17H2,1-3H3,(H,27,29)(H,31,32)/b10-9-,22-18-.